The number of rotatable bonds is 8. The molecule has 2 aromatic heterocycles. The highest BCUT2D eigenvalue weighted by molar-refractivity contribution is 5.82. The van der Waals surface area contributed by atoms with Gasteiger partial charge in [-0.15, -0.1) is 0 Å². The third-order valence-electron chi connectivity index (χ3n) is 4.81. The zero-order valence-corrected chi connectivity index (χ0v) is 16.0. The average Bonchev–Trinajstić information content (AvgIpc) is 3.20. The predicted octanol–water partition coefficient (Wildman–Crippen LogP) is 3.51. The molecule has 3 rings (SSSR count). The van der Waals surface area contributed by atoms with E-state index in [9.17, 15) is 0 Å². The molecule has 0 unspecified atom stereocenters. The van der Waals surface area contributed by atoms with Gasteiger partial charge in [0.1, 0.15) is 5.82 Å². The Balaban J connectivity index is 1.73. The monoisotopic (exact) mass is 351 g/mol. The first-order valence-corrected chi connectivity index (χ1v) is 9.20. The first-order chi connectivity index (χ1) is 12.4. The van der Waals surface area contributed by atoms with Gasteiger partial charge in [-0.05, 0) is 38.3 Å². The summed E-state index contributed by atoms with van der Waals surface area (Å²) in [6.07, 6.45) is 6.15. The normalized spacial score (nSPS) is 11.8. The fourth-order valence-electron chi connectivity index (χ4n) is 3.01. The number of benzene rings is 1. The molecule has 26 heavy (non-hydrogen) atoms. The molecule has 2 heterocycles. The van der Waals surface area contributed by atoms with Crippen molar-refractivity contribution in [1.29, 1.82) is 0 Å². The van der Waals surface area contributed by atoms with Crippen molar-refractivity contribution in [2.45, 2.75) is 52.2 Å². The second kappa shape index (κ2) is 7.38. The summed E-state index contributed by atoms with van der Waals surface area (Å²) < 4.78 is 2.24. The van der Waals surface area contributed by atoms with E-state index >= 15 is 0 Å². The van der Waals surface area contributed by atoms with Crippen molar-refractivity contribution in [3.05, 3.63) is 66.0 Å². The summed E-state index contributed by atoms with van der Waals surface area (Å²) in [5.74, 6) is 1.02. The van der Waals surface area contributed by atoms with Gasteiger partial charge in [0.15, 0.2) is 0 Å². The van der Waals surface area contributed by atoms with Crippen LogP contribution in [0.5, 0.6) is 0 Å². The molecule has 0 amide bonds. The van der Waals surface area contributed by atoms with Crippen LogP contribution in [0.25, 0.3) is 10.9 Å². The highest BCUT2D eigenvalue weighted by Crippen LogP contribution is 2.19. The number of H-pyrrole nitrogens is 1. The fraction of sp³-hybridized carbons (Fsp3) is 0.381. The van der Waals surface area contributed by atoms with Gasteiger partial charge in [-0.2, -0.15) is 0 Å². The lowest BCUT2D eigenvalue weighted by atomic mass is 10.0. The first kappa shape index (κ1) is 18.3. The maximum atomic E-state index is 6.10. The quantitative estimate of drug-likeness (QED) is 0.581. The van der Waals surface area contributed by atoms with Crippen LogP contribution in [0.15, 0.2) is 48.9 Å². The molecule has 5 nitrogen and oxygen atoms in total. The van der Waals surface area contributed by atoms with Crippen LogP contribution in [0.4, 0.5) is 0 Å². The van der Waals surface area contributed by atoms with Gasteiger partial charge >= 0.3 is 0 Å². The number of hydrogen-bond acceptors (Lipinski definition) is 3. The van der Waals surface area contributed by atoms with Gasteiger partial charge in [0.2, 0.25) is 0 Å². The van der Waals surface area contributed by atoms with Crippen LogP contribution >= 0.6 is 0 Å². The largest absolute Gasteiger partial charge is 0.380 e. The number of nitrogens with one attached hydrogen (secondary N) is 2. The number of nitrogens with zero attached hydrogens (tertiary/aromatic N) is 2. The van der Waals surface area contributed by atoms with Crippen molar-refractivity contribution in [2.24, 2.45) is 5.73 Å². The Hall–Kier alpha value is -2.53. The Bertz CT molecular complexity index is 895. The van der Waals surface area contributed by atoms with E-state index in [0.717, 1.165) is 36.6 Å². The van der Waals surface area contributed by atoms with Crippen LogP contribution in [0.3, 0.4) is 0 Å². The number of hydrogen-bond donors (Lipinski definition) is 3. The van der Waals surface area contributed by atoms with Crippen LogP contribution in [0.2, 0.25) is 0 Å². The molecule has 3 aromatic rings. The van der Waals surface area contributed by atoms with Gasteiger partial charge < -0.3 is 20.6 Å². The summed E-state index contributed by atoms with van der Waals surface area (Å²) >= 11 is 0. The molecule has 0 radical (unpaired) electrons. The van der Waals surface area contributed by atoms with Crippen molar-refractivity contribution in [1.82, 2.24) is 19.9 Å². The highest BCUT2D eigenvalue weighted by Gasteiger charge is 2.16. The van der Waals surface area contributed by atoms with E-state index < -0.39 is 5.54 Å². The molecule has 0 aliphatic rings. The second-order valence-corrected chi connectivity index (χ2v) is 7.36. The van der Waals surface area contributed by atoms with E-state index in [1.165, 1.54) is 16.5 Å². The molecular weight excluding hydrogens is 322 g/mol. The summed E-state index contributed by atoms with van der Waals surface area (Å²) in [5, 5.41) is 4.62. The van der Waals surface area contributed by atoms with Gasteiger partial charge in [-0.1, -0.05) is 31.7 Å². The smallest absolute Gasteiger partial charge is 0.128 e. The van der Waals surface area contributed by atoms with Gasteiger partial charge in [0.25, 0.3) is 0 Å². The molecule has 0 aliphatic heterocycles. The van der Waals surface area contributed by atoms with E-state index in [1.807, 2.05) is 13.8 Å². The summed E-state index contributed by atoms with van der Waals surface area (Å²) in [5.41, 5.74) is 10.1. The van der Waals surface area contributed by atoms with Crippen LogP contribution in [0.1, 0.15) is 37.9 Å². The SMILES string of the molecule is C=C(NCc1nc(CC)cn1CCc1c[nH]c2ccccc12)C(C)(C)N. The first-order valence-electron chi connectivity index (χ1n) is 9.20. The number of aromatic amines is 1. The van der Waals surface area contributed by atoms with Crippen molar-refractivity contribution in [3.8, 4) is 0 Å². The van der Waals surface area contributed by atoms with Crippen molar-refractivity contribution in [2.75, 3.05) is 0 Å². The van der Waals surface area contributed by atoms with Gasteiger partial charge in [0, 0.05) is 41.1 Å². The summed E-state index contributed by atoms with van der Waals surface area (Å²) in [4.78, 5) is 8.11. The summed E-state index contributed by atoms with van der Waals surface area (Å²) in [6, 6.07) is 8.42. The number of aromatic nitrogens is 3. The molecule has 0 saturated carbocycles. The zero-order chi connectivity index (χ0) is 18.7. The Morgan fingerprint density at radius 3 is 2.85 bits per heavy atom. The third kappa shape index (κ3) is 3.99. The molecule has 1 aromatic carbocycles. The highest BCUT2D eigenvalue weighted by atomic mass is 15.1. The third-order valence-corrected chi connectivity index (χ3v) is 4.81. The van der Waals surface area contributed by atoms with Crippen LogP contribution in [-0.4, -0.2) is 20.1 Å². The standard InChI is InChI=1S/C21H29N5/c1-5-17-14-26(20(25-17)13-23-15(2)21(3,4)22)11-10-16-12-24-19-9-7-6-8-18(16)19/h6-9,12,14,23-24H,2,5,10-11,13,22H2,1,3-4H3. The maximum absolute atomic E-state index is 6.10. The number of nitrogens with two attached hydrogens (primary N) is 1. The molecule has 138 valence electrons. The van der Waals surface area contributed by atoms with Crippen molar-refractivity contribution >= 4 is 10.9 Å². The van der Waals surface area contributed by atoms with E-state index in [0.29, 0.717) is 6.54 Å². The molecule has 0 spiro atoms. The lowest BCUT2D eigenvalue weighted by Crippen LogP contribution is -2.40. The van der Waals surface area contributed by atoms with Crippen LogP contribution in [-0.2, 0) is 25.9 Å². The van der Waals surface area contributed by atoms with E-state index in [2.05, 4.69) is 65.0 Å². The Morgan fingerprint density at radius 2 is 2.12 bits per heavy atom. The number of imidazole rings is 1. The van der Waals surface area contributed by atoms with Gasteiger partial charge in [-0.25, -0.2) is 4.98 Å². The minimum absolute atomic E-state index is 0.449. The van der Waals surface area contributed by atoms with Crippen LogP contribution < -0.4 is 11.1 Å². The molecule has 4 N–H and O–H groups in total. The van der Waals surface area contributed by atoms with Crippen LogP contribution in [0, 0.1) is 0 Å². The minimum atomic E-state index is -0.449. The zero-order valence-electron chi connectivity index (χ0n) is 16.0. The summed E-state index contributed by atoms with van der Waals surface area (Å²) in [7, 11) is 0. The van der Waals surface area contributed by atoms with E-state index in [-0.39, 0.29) is 0 Å². The van der Waals surface area contributed by atoms with Crippen molar-refractivity contribution < 1.29 is 0 Å². The molecule has 0 bridgehead atoms. The average molecular weight is 351 g/mol. The molecule has 0 aliphatic carbocycles. The minimum Gasteiger partial charge on any atom is -0.380 e. The molecule has 0 saturated heterocycles. The molecule has 5 heteroatoms. The van der Waals surface area contributed by atoms with E-state index in [1.54, 1.807) is 0 Å². The number of aryl methyl sites for hydroxylation is 3. The second-order valence-electron chi connectivity index (χ2n) is 7.36. The van der Waals surface area contributed by atoms with Gasteiger partial charge in [0.05, 0.1) is 12.2 Å². The number of para-hydroxylation sites is 1. The molecular formula is C21H29N5. The predicted molar refractivity (Wildman–Crippen MR) is 108 cm³/mol. The topological polar surface area (TPSA) is 71.7 Å². The van der Waals surface area contributed by atoms with Crippen molar-refractivity contribution in [3.63, 3.8) is 0 Å². The Labute approximate surface area is 155 Å². The lowest BCUT2D eigenvalue weighted by molar-refractivity contribution is 0.537. The summed E-state index contributed by atoms with van der Waals surface area (Å²) in [6.45, 7) is 11.6. The number of fused-ring (bicyclic) bond motifs is 1. The lowest BCUT2D eigenvalue weighted by Gasteiger charge is -2.23. The Kier molecular flexibility index (Phi) is 5.18. The van der Waals surface area contributed by atoms with E-state index in [4.69, 9.17) is 10.7 Å². The molecule has 0 fully saturated rings. The Morgan fingerprint density at radius 1 is 1.35 bits per heavy atom. The fourth-order valence-corrected chi connectivity index (χ4v) is 3.01. The maximum Gasteiger partial charge on any atom is 0.128 e. The van der Waals surface area contributed by atoms with Gasteiger partial charge in [-0.3, -0.25) is 0 Å². The molecule has 0 atom stereocenters.